The van der Waals surface area contributed by atoms with Gasteiger partial charge >= 0.3 is 0 Å². The van der Waals surface area contributed by atoms with E-state index >= 15 is 0 Å². The number of aromatic amines is 1. The highest BCUT2D eigenvalue weighted by Gasteiger charge is 2.08. The Labute approximate surface area is 203 Å². The lowest BCUT2D eigenvalue weighted by Crippen LogP contribution is -2.12. The molecule has 7 heteroatoms. The smallest absolute Gasteiger partial charge is 0.175 e. The van der Waals surface area contributed by atoms with Crippen molar-refractivity contribution in [1.82, 2.24) is 15.3 Å². The molecule has 0 saturated heterocycles. The van der Waals surface area contributed by atoms with E-state index in [2.05, 4.69) is 51.7 Å². The molecule has 1 heterocycles. The third kappa shape index (κ3) is 5.31. The molecule has 5 aromatic rings. The van der Waals surface area contributed by atoms with E-state index in [1.807, 2.05) is 24.3 Å². The van der Waals surface area contributed by atoms with Crippen molar-refractivity contribution in [1.29, 1.82) is 0 Å². The summed E-state index contributed by atoms with van der Waals surface area (Å²) in [6.07, 6.45) is 1.21. The third-order valence-electron chi connectivity index (χ3n) is 5.88. The molecular weight excluding hydrogens is 461 g/mol. The molecule has 5 rings (SSSR count). The molecule has 0 atom stereocenters. The maximum Gasteiger partial charge on any atom is 0.175 e. The molecule has 0 saturated carbocycles. The maximum atomic E-state index is 13.5. The summed E-state index contributed by atoms with van der Waals surface area (Å²) in [5, 5.41) is 3.39. The minimum atomic E-state index is -3.18. The summed E-state index contributed by atoms with van der Waals surface area (Å²) in [4.78, 5) is 8.12. The molecule has 0 aliphatic heterocycles. The van der Waals surface area contributed by atoms with Gasteiger partial charge in [0.15, 0.2) is 9.84 Å². The molecule has 0 aliphatic rings. The number of sulfone groups is 1. The quantitative estimate of drug-likeness (QED) is 0.309. The molecule has 176 valence electrons. The number of imidazole rings is 1. The summed E-state index contributed by atoms with van der Waals surface area (Å²) >= 11 is 0. The summed E-state index contributed by atoms with van der Waals surface area (Å²) < 4.78 is 36.7. The van der Waals surface area contributed by atoms with Crippen LogP contribution in [0.1, 0.15) is 11.1 Å². The number of aromatic nitrogens is 2. The summed E-state index contributed by atoms with van der Waals surface area (Å²) in [5.41, 5.74) is 6.68. The Hall–Kier alpha value is -3.81. The van der Waals surface area contributed by atoms with Crippen molar-refractivity contribution >= 4 is 20.9 Å². The number of hydrogen-bond acceptors (Lipinski definition) is 4. The lowest BCUT2D eigenvalue weighted by atomic mass is 10.0. The minimum absolute atomic E-state index is 0.291. The van der Waals surface area contributed by atoms with E-state index in [1.165, 1.54) is 18.4 Å². The van der Waals surface area contributed by atoms with Crippen molar-refractivity contribution in [2.45, 2.75) is 18.0 Å². The highest BCUT2D eigenvalue weighted by atomic mass is 32.2. The number of H-pyrrole nitrogens is 1. The average molecular weight is 486 g/mol. The second-order valence-corrected chi connectivity index (χ2v) is 10.6. The van der Waals surface area contributed by atoms with Crippen LogP contribution in [-0.4, -0.2) is 24.6 Å². The van der Waals surface area contributed by atoms with Crippen LogP contribution in [-0.2, 0) is 22.9 Å². The summed E-state index contributed by atoms with van der Waals surface area (Å²) in [6.45, 7) is 1.35. The molecule has 0 amide bonds. The van der Waals surface area contributed by atoms with Crippen LogP contribution in [0.25, 0.3) is 33.5 Å². The van der Waals surface area contributed by atoms with Gasteiger partial charge in [0.25, 0.3) is 0 Å². The predicted octanol–water partition coefficient (Wildman–Crippen LogP) is 5.73. The fraction of sp³-hybridized carbons (Fsp3) is 0.107. The number of fused-ring (bicyclic) bond motifs is 1. The van der Waals surface area contributed by atoms with Gasteiger partial charge in [-0.15, -0.1) is 0 Å². The minimum Gasteiger partial charge on any atom is -0.338 e. The van der Waals surface area contributed by atoms with Gasteiger partial charge in [-0.1, -0.05) is 54.6 Å². The maximum absolute atomic E-state index is 13.5. The highest BCUT2D eigenvalue weighted by Crippen LogP contribution is 2.27. The summed E-state index contributed by atoms with van der Waals surface area (Å²) in [7, 11) is -3.18. The number of benzene rings is 4. The van der Waals surface area contributed by atoms with Gasteiger partial charge in [0, 0.05) is 24.9 Å². The second kappa shape index (κ2) is 9.44. The van der Waals surface area contributed by atoms with Crippen molar-refractivity contribution in [2.75, 3.05) is 6.26 Å². The standard InChI is InChI=1S/C28H24FN3O2S/c1-35(33,34)25-12-7-20(8-13-25)18-30-17-19-5-9-21(10-6-19)22-3-2-4-23(15-22)28-31-26-14-11-24(29)16-27(26)32-28/h2-16,30H,17-18H2,1H3,(H,31,32). The SMILES string of the molecule is CS(=O)(=O)c1ccc(CNCc2ccc(-c3cccc(-c4nc5ccc(F)cc5[nH]4)c3)cc2)cc1. The molecule has 0 unspecified atom stereocenters. The van der Waals surface area contributed by atoms with Crippen LogP contribution in [0.3, 0.4) is 0 Å². The Balaban J connectivity index is 1.25. The second-order valence-electron chi connectivity index (χ2n) is 8.54. The van der Waals surface area contributed by atoms with E-state index < -0.39 is 9.84 Å². The van der Waals surface area contributed by atoms with Crippen LogP contribution >= 0.6 is 0 Å². The summed E-state index contributed by atoms with van der Waals surface area (Å²) in [5.74, 6) is 0.415. The van der Waals surface area contributed by atoms with E-state index in [1.54, 1.807) is 18.2 Å². The van der Waals surface area contributed by atoms with E-state index in [9.17, 15) is 12.8 Å². The molecule has 0 radical (unpaired) electrons. The highest BCUT2D eigenvalue weighted by molar-refractivity contribution is 7.90. The lowest BCUT2D eigenvalue weighted by molar-refractivity contribution is 0.601. The largest absolute Gasteiger partial charge is 0.338 e. The first kappa shape index (κ1) is 23.0. The monoisotopic (exact) mass is 485 g/mol. The first-order valence-corrected chi connectivity index (χ1v) is 13.1. The molecule has 5 nitrogen and oxygen atoms in total. The molecule has 35 heavy (non-hydrogen) atoms. The van der Waals surface area contributed by atoms with Gasteiger partial charge in [-0.3, -0.25) is 0 Å². The number of hydrogen-bond donors (Lipinski definition) is 2. The summed E-state index contributed by atoms with van der Waals surface area (Å²) in [6, 6.07) is 27.9. The zero-order valence-corrected chi connectivity index (χ0v) is 19.9. The molecule has 0 bridgehead atoms. The van der Waals surface area contributed by atoms with Crippen LogP contribution < -0.4 is 5.32 Å². The van der Waals surface area contributed by atoms with Gasteiger partial charge in [-0.2, -0.15) is 0 Å². The molecule has 2 N–H and O–H groups in total. The normalized spacial score (nSPS) is 11.7. The molecule has 0 aliphatic carbocycles. The Morgan fingerprint density at radius 1 is 0.800 bits per heavy atom. The van der Waals surface area contributed by atoms with Gasteiger partial charge < -0.3 is 10.3 Å². The fourth-order valence-electron chi connectivity index (χ4n) is 3.99. The Morgan fingerprint density at radius 3 is 2.14 bits per heavy atom. The van der Waals surface area contributed by atoms with Crippen molar-refractivity contribution in [3.63, 3.8) is 0 Å². The molecule has 0 spiro atoms. The van der Waals surface area contributed by atoms with Gasteiger partial charge in [-0.05, 0) is 58.7 Å². The van der Waals surface area contributed by atoms with Crippen LogP contribution in [0, 0.1) is 5.82 Å². The van der Waals surface area contributed by atoms with E-state index in [0.29, 0.717) is 29.3 Å². The zero-order valence-electron chi connectivity index (χ0n) is 19.1. The number of halogens is 1. The Morgan fingerprint density at radius 2 is 1.46 bits per heavy atom. The van der Waals surface area contributed by atoms with Crippen molar-refractivity contribution < 1.29 is 12.8 Å². The van der Waals surface area contributed by atoms with Crippen molar-refractivity contribution in [3.8, 4) is 22.5 Å². The van der Waals surface area contributed by atoms with E-state index in [4.69, 9.17) is 0 Å². The van der Waals surface area contributed by atoms with Crippen LogP contribution in [0.15, 0.2) is 95.9 Å². The van der Waals surface area contributed by atoms with Crippen LogP contribution in [0.2, 0.25) is 0 Å². The van der Waals surface area contributed by atoms with Crippen molar-refractivity contribution in [2.24, 2.45) is 0 Å². The third-order valence-corrected chi connectivity index (χ3v) is 7.01. The van der Waals surface area contributed by atoms with Crippen molar-refractivity contribution in [3.05, 3.63) is 108 Å². The van der Waals surface area contributed by atoms with Crippen LogP contribution in [0.5, 0.6) is 0 Å². The van der Waals surface area contributed by atoms with Gasteiger partial charge in [0.2, 0.25) is 0 Å². The Bertz CT molecular complexity index is 1590. The number of nitrogens with one attached hydrogen (secondary N) is 2. The van der Waals surface area contributed by atoms with Gasteiger partial charge in [0.05, 0.1) is 15.9 Å². The molecule has 4 aromatic carbocycles. The molecule has 1 aromatic heterocycles. The lowest BCUT2D eigenvalue weighted by Gasteiger charge is -2.08. The number of nitrogens with zero attached hydrogens (tertiary/aromatic N) is 1. The first-order valence-electron chi connectivity index (χ1n) is 11.2. The number of rotatable bonds is 7. The zero-order chi connectivity index (χ0) is 24.4. The first-order chi connectivity index (χ1) is 16.8. The predicted molar refractivity (Wildman–Crippen MR) is 137 cm³/mol. The van der Waals surface area contributed by atoms with E-state index in [-0.39, 0.29) is 5.82 Å². The fourth-order valence-corrected chi connectivity index (χ4v) is 4.62. The Kier molecular flexibility index (Phi) is 6.19. The van der Waals surface area contributed by atoms with E-state index in [0.717, 1.165) is 33.3 Å². The van der Waals surface area contributed by atoms with Crippen LogP contribution in [0.4, 0.5) is 4.39 Å². The average Bonchev–Trinajstić information content (AvgIpc) is 3.28. The topological polar surface area (TPSA) is 74.8 Å². The van der Waals surface area contributed by atoms with Gasteiger partial charge in [0.1, 0.15) is 11.6 Å². The van der Waals surface area contributed by atoms with Gasteiger partial charge in [-0.25, -0.2) is 17.8 Å². The molecule has 0 fully saturated rings. The molecular formula is C28H24FN3O2S.